The molecular formula is C12H19NOS. The quantitative estimate of drug-likeness (QED) is 0.606. The molecule has 0 bridgehead atoms. The van der Waals surface area contributed by atoms with Crippen LogP contribution < -0.4 is 5.32 Å². The van der Waals surface area contributed by atoms with Crippen molar-refractivity contribution in [1.82, 2.24) is 0 Å². The summed E-state index contributed by atoms with van der Waals surface area (Å²) in [6.45, 7) is 7.03. The minimum atomic E-state index is 0.0665. The van der Waals surface area contributed by atoms with Crippen molar-refractivity contribution in [3.05, 3.63) is 29.8 Å². The molecule has 15 heavy (non-hydrogen) atoms. The van der Waals surface area contributed by atoms with Crippen LogP contribution in [0.5, 0.6) is 0 Å². The van der Waals surface area contributed by atoms with E-state index in [9.17, 15) is 0 Å². The van der Waals surface area contributed by atoms with Crippen LogP contribution in [-0.4, -0.2) is 11.5 Å². The lowest BCUT2D eigenvalue weighted by molar-refractivity contribution is 0.170. The molecule has 0 aliphatic carbocycles. The first-order valence-corrected chi connectivity index (χ1v) is 5.71. The monoisotopic (exact) mass is 225 g/mol. The number of rotatable bonds is 4. The maximum absolute atomic E-state index is 5.30. The Morgan fingerprint density at radius 1 is 1.27 bits per heavy atom. The van der Waals surface area contributed by atoms with Gasteiger partial charge < -0.3 is 10.1 Å². The molecule has 0 amide bonds. The molecule has 2 nitrogen and oxygen atoms in total. The fourth-order valence-electron chi connectivity index (χ4n) is 1.33. The summed E-state index contributed by atoms with van der Waals surface area (Å²) in [5, 5.41) is 3.45. The number of para-hydroxylation sites is 1. The molecule has 0 heterocycles. The number of ether oxygens (including phenoxy) is 1. The van der Waals surface area contributed by atoms with Gasteiger partial charge in [0.2, 0.25) is 0 Å². The largest absolute Gasteiger partial charge is 0.380 e. The van der Waals surface area contributed by atoms with Gasteiger partial charge in [0.15, 0.2) is 0 Å². The van der Waals surface area contributed by atoms with Crippen LogP contribution in [0.3, 0.4) is 0 Å². The SMILES string of the molecule is CC(C)(C)Nc1ccccc1COCS. The second-order valence-electron chi connectivity index (χ2n) is 4.51. The lowest BCUT2D eigenvalue weighted by atomic mass is 10.1. The molecule has 1 N–H and O–H groups in total. The van der Waals surface area contributed by atoms with Gasteiger partial charge in [0.25, 0.3) is 0 Å². The van der Waals surface area contributed by atoms with Crippen LogP contribution in [0.1, 0.15) is 26.3 Å². The van der Waals surface area contributed by atoms with Crippen LogP contribution in [0.25, 0.3) is 0 Å². The maximum Gasteiger partial charge on any atom is 0.0897 e. The molecule has 1 rings (SSSR count). The average Bonchev–Trinajstić information content (AvgIpc) is 2.14. The van der Waals surface area contributed by atoms with E-state index in [1.54, 1.807) is 0 Å². The molecule has 0 atom stereocenters. The van der Waals surface area contributed by atoms with Crippen LogP contribution in [0, 0.1) is 0 Å². The number of anilines is 1. The molecule has 0 fully saturated rings. The van der Waals surface area contributed by atoms with E-state index in [2.05, 4.69) is 50.8 Å². The molecule has 1 aromatic carbocycles. The van der Waals surface area contributed by atoms with Crippen LogP contribution in [0.4, 0.5) is 5.69 Å². The second kappa shape index (κ2) is 5.42. The van der Waals surface area contributed by atoms with Crippen molar-refractivity contribution >= 4 is 18.3 Å². The highest BCUT2D eigenvalue weighted by atomic mass is 32.1. The first-order chi connectivity index (χ1) is 7.03. The molecule has 0 saturated heterocycles. The van der Waals surface area contributed by atoms with E-state index in [0.29, 0.717) is 12.5 Å². The number of thiol groups is 1. The molecule has 0 saturated carbocycles. The Kier molecular flexibility index (Phi) is 4.48. The van der Waals surface area contributed by atoms with Crippen molar-refractivity contribution in [2.75, 3.05) is 11.3 Å². The van der Waals surface area contributed by atoms with Gasteiger partial charge in [-0.1, -0.05) is 18.2 Å². The van der Waals surface area contributed by atoms with Gasteiger partial charge in [-0.2, -0.15) is 12.6 Å². The van der Waals surface area contributed by atoms with Gasteiger partial charge in [-0.05, 0) is 26.8 Å². The predicted octanol–water partition coefficient (Wildman–Crippen LogP) is 3.30. The molecule has 84 valence electrons. The lowest BCUT2D eigenvalue weighted by Gasteiger charge is -2.24. The first-order valence-electron chi connectivity index (χ1n) is 5.07. The normalized spacial score (nSPS) is 11.5. The van der Waals surface area contributed by atoms with Crippen molar-refractivity contribution in [2.24, 2.45) is 0 Å². The highest BCUT2D eigenvalue weighted by Gasteiger charge is 2.11. The van der Waals surface area contributed by atoms with E-state index in [4.69, 9.17) is 4.74 Å². The van der Waals surface area contributed by atoms with Gasteiger partial charge in [-0.25, -0.2) is 0 Å². The average molecular weight is 225 g/mol. The van der Waals surface area contributed by atoms with Gasteiger partial charge in [-0.15, -0.1) is 0 Å². The standard InChI is InChI=1S/C12H19NOS/c1-12(2,3)13-11-7-5-4-6-10(11)8-14-9-15/h4-7,13,15H,8-9H2,1-3H3. The Morgan fingerprint density at radius 3 is 2.53 bits per heavy atom. The Morgan fingerprint density at radius 2 is 1.93 bits per heavy atom. The summed E-state index contributed by atoms with van der Waals surface area (Å²) in [4.78, 5) is 0. The Labute approximate surface area is 97.4 Å². The van der Waals surface area contributed by atoms with E-state index in [1.165, 1.54) is 5.56 Å². The number of hydrogen-bond donors (Lipinski definition) is 2. The van der Waals surface area contributed by atoms with Crippen LogP contribution >= 0.6 is 12.6 Å². The summed E-state index contributed by atoms with van der Waals surface area (Å²) in [7, 11) is 0. The number of benzene rings is 1. The van der Waals surface area contributed by atoms with E-state index in [-0.39, 0.29) is 5.54 Å². The molecule has 0 aromatic heterocycles. The minimum Gasteiger partial charge on any atom is -0.380 e. The molecule has 0 aliphatic rings. The Balaban J connectivity index is 2.77. The van der Waals surface area contributed by atoms with Gasteiger partial charge in [0, 0.05) is 16.8 Å². The zero-order valence-electron chi connectivity index (χ0n) is 9.58. The number of nitrogens with one attached hydrogen (secondary N) is 1. The van der Waals surface area contributed by atoms with Crippen molar-refractivity contribution in [3.63, 3.8) is 0 Å². The van der Waals surface area contributed by atoms with Crippen LogP contribution in [0.2, 0.25) is 0 Å². The van der Waals surface area contributed by atoms with Gasteiger partial charge in [-0.3, -0.25) is 0 Å². The Hall–Kier alpha value is -0.670. The summed E-state index contributed by atoms with van der Waals surface area (Å²) in [5.74, 6) is 0.448. The van der Waals surface area contributed by atoms with Gasteiger partial charge in [0.05, 0.1) is 12.5 Å². The smallest absolute Gasteiger partial charge is 0.0897 e. The molecule has 0 spiro atoms. The van der Waals surface area contributed by atoms with Crippen molar-refractivity contribution in [2.45, 2.75) is 32.9 Å². The predicted molar refractivity (Wildman–Crippen MR) is 68.5 cm³/mol. The van der Waals surface area contributed by atoms with Crippen LogP contribution in [0.15, 0.2) is 24.3 Å². The van der Waals surface area contributed by atoms with E-state index in [1.807, 2.05) is 12.1 Å². The Bertz CT molecular complexity index is 307. The lowest BCUT2D eigenvalue weighted by Crippen LogP contribution is -2.26. The summed E-state index contributed by atoms with van der Waals surface area (Å²) < 4.78 is 5.30. The van der Waals surface area contributed by atoms with Gasteiger partial charge >= 0.3 is 0 Å². The second-order valence-corrected chi connectivity index (χ2v) is 4.77. The summed E-state index contributed by atoms with van der Waals surface area (Å²) in [6, 6.07) is 8.18. The van der Waals surface area contributed by atoms with Gasteiger partial charge in [0.1, 0.15) is 0 Å². The molecule has 0 radical (unpaired) electrons. The highest BCUT2D eigenvalue weighted by molar-refractivity contribution is 7.80. The number of hydrogen-bond acceptors (Lipinski definition) is 3. The molecule has 0 aliphatic heterocycles. The highest BCUT2D eigenvalue weighted by Crippen LogP contribution is 2.20. The summed E-state index contributed by atoms with van der Waals surface area (Å²) >= 11 is 4.03. The van der Waals surface area contributed by atoms with E-state index >= 15 is 0 Å². The van der Waals surface area contributed by atoms with E-state index in [0.717, 1.165) is 5.69 Å². The van der Waals surface area contributed by atoms with Crippen molar-refractivity contribution in [1.29, 1.82) is 0 Å². The topological polar surface area (TPSA) is 21.3 Å². The minimum absolute atomic E-state index is 0.0665. The van der Waals surface area contributed by atoms with Crippen molar-refractivity contribution < 1.29 is 4.74 Å². The van der Waals surface area contributed by atoms with Crippen LogP contribution in [-0.2, 0) is 11.3 Å². The third-order valence-corrected chi connectivity index (χ3v) is 2.06. The maximum atomic E-state index is 5.30. The first kappa shape index (κ1) is 12.4. The van der Waals surface area contributed by atoms with Crippen molar-refractivity contribution in [3.8, 4) is 0 Å². The fourth-order valence-corrected chi connectivity index (χ4v) is 1.42. The fraction of sp³-hybridized carbons (Fsp3) is 0.500. The molecule has 3 heteroatoms. The molecule has 0 unspecified atom stereocenters. The third-order valence-electron chi connectivity index (χ3n) is 1.88. The molecular weight excluding hydrogens is 206 g/mol. The summed E-state index contributed by atoms with van der Waals surface area (Å²) in [5.41, 5.74) is 2.37. The van der Waals surface area contributed by atoms with E-state index < -0.39 is 0 Å². The summed E-state index contributed by atoms with van der Waals surface area (Å²) in [6.07, 6.45) is 0. The molecule has 1 aromatic rings. The third kappa shape index (κ3) is 4.58. The zero-order valence-corrected chi connectivity index (χ0v) is 10.5. The zero-order chi connectivity index (χ0) is 11.3.